The van der Waals surface area contributed by atoms with Crippen molar-refractivity contribution >= 4 is 39.1 Å². The summed E-state index contributed by atoms with van der Waals surface area (Å²) < 4.78 is 27.6. The van der Waals surface area contributed by atoms with Gasteiger partial charge in [0.1, 0.15) is 0 Å². The number of carbonyl (C=O) groups is 1. The third-order valence-electron chi connectivity index (χ3n) is 3.16. The highest BCUT2D eigenvalue weighted by atomic mass is 35.5. The van der Waals surface area contributed by atoms with Gasteiger partial charge < -0.3 is 4.57 Å². The molecule has 0 radical (unpaired) electrons. The Morgan fingerprint density at radius 2 is 1.95 bits per heavy atom. The summed E-state index contributed by atoms with van der Waals surface area (Å²) in [4.78, 5) is 15.9. The van der Waals surface area contributed by atoms with Crippen molar-refractivity contribution in [3.05, 3.63) is 46.3 Å². The Bertz CT molecular complexity index is 818. The number of nitrogens with zero attached hydrogens (tertiary/aromatic N) is 2. The number of benzene rings is 1. The number of halogens is 2. The van der Waals surface area contributed by atoms with Gasteiger partial charge in [-0.1, -0.05) is 29.8 Å². The first-order valence-electron chi connectivity index (χ1n) is 6.22. The molecule has 22 heavy (non-hydrogen) atoms. The average Bonchev–Trinajstić information content (AvgIpc) is 2.79. The van der Waals surface area contributed by atoms with Gasteiger partial charge in [-0.3, -0.25) is 4.79 Å². The number of carbonyl (C=O) groups excluding carboxylic acids is 1. The van der Waals surface area contributed by atoms with Gasteiger partial charge in [-0.05, 0) is 30.2 Å². The number of amides is 1. The van der Waals surface area contributed by atoms with Gasteiger partial charge in [0, 0.05) is 12.1 Å². The van der Waals surface area contributed by atoms with E-state index < -0.39 is 21.8 Å². The molecule has 1 N–H and O–H groups in total. The number of hydrogen-bond acceptors (Lipinski definition) is 4. The van der Waals surface area contributed by atoms with Crippen molar-refractivity contribution in [2.45, 2.75) is 17.9 Å². The predicted octanol–water partition coefficient (Wildman–Crippen LogP) is 2.34. The lowest BCUT2D eigenvalue weighted by Crippen LogP contribution is -2.34. The number of aromatic nitrogens is 2. The second-order valence-corrected chi connectivity index (χ2v) is 7.01. The Morgan fingerprint density at radius 1 is 1.32 bits per heavy atom. The Morgan fingerprint density at radius 3 is 2.50 bits per heavy atom. The van der Waals surface area contributed by atoms with Crippen LogP contribution < -0.4 is 4.72 Å². The van der Waals surface area contributed by atoms with E-state index in [1.807, 2.05) is 4.72 Å². The maximum atomic E-state index is 12.2. The first-order valence-corrected chi connectivity index (χ1v) is 8.46. The third-order valence-corrected chi connectivity index (χ3v) is 5.26. The van der Waals surface area contributed by atoms with Crippen LogP contribution in [0.3, 0.4) is 0 Å². The molecular formula is C13H13Cl2N3O3S. The van der Waals surface area contributed by atoms with E-state index in [0.717, 1.165) is 10.8 Å². The Kier molecular flexibility index (Phi) is 4.79. The maximum absolute atomic E-state index is 12.2. The van der Waals surface area contributed by atoms with Gasteiger partial charge in [0.25, 0.3) is 10.0 Å². The van der Waals surface area contributed by atoms with Crippen LogP contribution in [-0.4, -0.2) is 23.9 Å². The van der Waals surface area contributed by atoms with E-state index in [2.05, 4.69) is 4.98 Å². The summed E-state index contributed by atoms with van der Waals surface area (Å²) in [6.07, 6.45) is 1.08. The lowest BCUT2D eigenvalue weighted by atomic mass is 10.0. The molecule has 9 heteroatoms. The van der Waals surface area contributed by atoms with Crippen LogP contribution in [0.25, 0.3) is 0 Å². The molecule has 118 valence electrons. The molecule has 0 aliphatic heterocycles. The van der Waals surface area contributed by atoms with Crippen LogP contribution in [0, 0.1) is 0 Å². The van der Waals surface area contributed by atoms with Crippen LogP contribution in [0.5, 0.6) is 0 Å². The van der Waals surface area contributed by atoms with Crippen LogP contribution in [0.15, 0.2) is 35.5 Å². The summed E-state index contributed by atoms with van der Waals surface area (Å²) >= 11 is 11.7. The maximum Gasteiger partial charge on any atom is 0.281 e. The zero-order valence-electron chi connectivity index (χ0n) is 11.7. The molecule has 0 aliphatic rings. The van der Waals surface area contributed by atoms with Crippen molar-refractivity contribution in [1.82, 2.24) is 14.3 Å². The van der Waals surface area contributed by atoms with Gasteiger partial charge in [0.2, 0.25) is 11.2 Å². The van der Waals surface area contributed by atoms with Crippen molar-refractivity contribution in [2.24, 2.45) is 7.05 Å². The fourth-order valence-corrected chi connectivity index (χ4v) is 3.54. The highest BCUT2D eigenvalue weighted by molar-refractivity contribution is 7.90. The second kappa shape index (κ2) is 6.28. The van der Waals surface area contributed by atoms with Crippen LogP contribution in [0.2, 0.25) is 10.3 Å². The monoisotopic (exact) mass is 361 g/mol. The number of hydrogen-bond donors (Lipinski definition) is 1. The molecule has 1 aromatic carbocycles. The lowest BCUT2D eigenvalue weighted by Gasteiger charge is -2.14. The quantitative estimate of drug-likeness (QED) is 0.905. The van der Waals surface area contributed by atoms with E-state index in [1.165, 1.54) is 7.05 Å². The molecule has 1 unspecified atom stereocenters. The summed E-state index contributed by atoms with van der Waals surface area (Å²) in [6, 6.07) is 6.75. The summed E-state index contributed by atoms with van der Waals surface area (Å²) in [7, 11) is -2.63. The van der Waals surface area contributed by atoms with E-state index >= 15 is 0 Å². The topological polar surface area (TPSA) is 81.1 Å². The zero-order valence-corrected chi connectivity index (χ0v) is 14.1. The molecule has 0 saturated carbocycles. The van der Waals surface area contributed by atoms with Crippen LogP contribution in [0.4, 0.5) is 0 Å². The number of sulfonamides is 1. The molecule has 1 amide bonds. The minimum atomic E-state index is -4.06. The molecule has 6 nitrogen and oxygen atoms in total. The number of rotatable bonds is 4. The Balaban J connectivity index is 2.25. The van der Waals surface area contributed by atoms with E-state index in [1.54, 1.807) is 31.2 Å². The minimum absolute atomic E-state index is 0.00646. The standard InChI is InChI=1S/C13H13Cl2N3O3S/c1-8(9-5-3-4-6-10(9)14)12(19)17-22(20,21)11-7-16-13(15)18(11)2/h3-8H,1-2H3,(H,17,19). The lowest BCUT2D eigenvalue weighted by molar-refractivity contribution is -0.120. The van der Waals surface area contributed by atoms with E-state index in [-0.39, 0.29) is 10.3 Å². The highest BCUT2D eigenvalue weighted by Gasteiger charge is 2.26. The Hall–Kier alpha value is -1.57. The molecule has 0 spiro atoms. The van der Waals surface area contributed by atoms with Crippen LogP contribution >= 0.6 is 23.2 Å². The van der Waals surface area contributed by atoms with Crippen LogP contribution in [-0.2, 0) is 21.9 Å². The van der Waals surface area contributed by atoms with E-state index in [9.17, 15) is 13.2 Å². The molecule has 0 fully saturated rings. The van der Waals surface area contributed by atoms with Crippen molar-refractivity contribution < 1.29 is 13.2 Å². The molecule has 2 rings (SSSR count). The largest absolute Gasteiger partial charge is 0.307 e. The molecule has 1 atom stereocenters. The molecule has 0 bridgehead atoms. The van der Waals surface area contributed by atoms with Gasteiger partial charge in [-0.2, -0.15) is 8.42 Å². The predicted molar refractivity (Wildman–Crippen MR) is 83.4 cm³/mol. The average molecular weight is 362 g/mol. The number of imidazole rings is 1. The summed E-state index contributed by atoms with van der Waals surface area (Å²) in [6.45, 7) is 1.57. The van der Waals surface area contributed by atoms with Gasteiger partial charge in [-0.25, -0.2) is 9.71 Å². The van der Waals surface area contributed by atoms with Crippen molar-refractivity contribution in [2.75, 3.05) is 0 Å². The smallest absolute Gasteiger partial charge is 0.281 e. The van der Waals surface area contributed by atoms with E-state index in [0.29, 0.717) is 10.6 Å². The van der Waals surface area contributed by atoms with Gasteiger partial charge in [0.15, 0.2) is 5.03 Å². The highest BCUT2D eigenvalue weighted by Crippen LogP contribution is 2.24. The molecule has 0 saturated heterocycles. The summed E-state index contributed by atoms with van der Waals surface area (Å²) in [5.74, 6) is -1.42. The SMILES string of the molecule is CC(C(=O)NS(=O)(=O)c1cnc(Cl)n1C)c1ccccc1Cl. The second-order valence-electron chi connectivity index (χ2n) is 4.64. The van der Waals surface area contributed by atoms with Crippen LogP contribution in [0.1, 0.15) is 18.4 Å². The fraction of sp³-hybridized carbons (Fsp3) is 0.231. The van der Waals surface area contributed by atoms with Gasteiger partial charge in [0.05, 0.1) is 12.1 Å². The summed E-state index contributed by atoms with van der Waals surface area (Å²) in [5.41, 5.74) is 0.542. The zero-order chi connectivity index (χ0) is 16.5. The summed E-state index contributed by atoms with van der Waals surface area (Å²) in [5, 5.41) is 0.204. The third kappa shape index (κ3) is 3.26. The van der Waals surface area contributed by atoms with Crippen molar-refractivity contribution in [3.8, 4) is 0 Å². The molecule has 1 aromatic heterocycles. The fourth-order valence-electron chi connectivity index (χ4n) is 1.86. The van der Waals surface area contributed by atoms with Crippen molar-refractivity contribution in [3.63, 3.8) is 0 Å². The molecule has 1 heterocycles. The van der Waals surface area contributed by atoms with E-state index in [4.69, 9.17) is 23.2 Å². The molecular weight excluding hydrogens is 349 g/mol. The Labute approximate surface area is 138 Å². The normalized spacial score (nSPS) is 12.9. The molecule has 0 aliphatic carbocycles. The van der Waals surface area contributed by atoms with Gasteiger partial charge in [-0.15, -0.1) is 0 Å². The first kappa shape index (κ1) is 16.8. The van der Waals surface area contributed by atoms with Crippen molar-refractivity contribution in [1.29, 1.82) is 0 Å². The molecule has 2 aromatic rings. The minimum Gasteiger partial charge on any atom is -0.307 e. The number of nitrogens with one attached hydrogen (secondary N) is 1. The first-order chi connectivity index (χ1) is 10.2. The van der Waals surface area contributed by atoms with Gasteiger partial charge >= 0.3 is 0 Å².